The molecule has 0 radical (unpaired) electrons. The van der Waals surface area contributed by atoms with Gasteiger partial charge in [-0.05, 0) is 24.3 Å². The van der Waals surface area contributed by atoms with Crippen molar-refractivity contribution in [3.63, 3.8) is 0 Å². The lowest BCUT2D eigenvalue weighted by molar-refractivity contribution is -0.118. The molecular formula is C20H22N2O5. The number of nitrogens with one attached hydrogen (secondary N) is 1. The predicted octanol–water partition coefficient (Wildman–Crippen LogP) is 2.19. The Balaban J connectivity index is 1.62. The summed E-state index contributed by atoms with van der Waals surface area (Å²) in [6.45, 7) is 1.94. The lowest BCUT2D eigenvalue weighted by Gasteiger charge is -2.27. The summed E-state index contributed by atoms with van der Waals surface area (Å²) < 4.78 is 16.0. The van der Waals surface area contributed by atoms with E-state index in [4.69, 9.17) is 14.2 Å². The first-order valence-corrected chi connectivity index (χ1v) is 8.70. The molecule has 3 rings (SSSR count). The molecule has 0 bridgehead atoms. The van der Waals surface area contributed by atoms with Gasteiger partial charge in [0.1, 0.15) is 11.5 Å². The molecule has 2 amide bonds. The zero-order valence-electron chi connectivity index (χ0n) is 15.1. The van der Waals surface area contributed by atoms with Gasteiger partial charge < -0.3 is 24.4 Å². The molecular weight excluding hydrogens is 348 g/mol. The van der Waals surface area contributed by atoms with E-state index in [0.717, 1.165) is 0 Å². The summed E-state index contributed by atoms with van der Waals surface area (Å²) in [6.07, 6.45) is 0. The standard InChI is InChI=1S/C20H22N2O5/c1-25-16-6-4-5-15(13-16)21-19(23)14-27-18-8-3-2-7-17(18)20(24)22-9-11-26-12-10-22/h2-8,13H,9-12,14H2,1H3,(H,21,23). The van der Waals surface area contributed by atoms with Crippen molar-refractivity contribution >= 4 is 17.5 Å². The lowest BCUT2D eigenvalue weighted by atomic mass is 10.1. The van der Waals surface area contributed by atoms with Crippen molar-refractivity contribution < 1.29 is 23.8 Å². The Labute approximate surface area is 157 Å². The molecule has 0 aliphatic carbocycles. The summed E-state index contributed by atoms with van der Waals surface area (Å²) in [5.74, 6) is 0.587. The van der Waals surface area contributed by atoms with Crippen LogP contribution in [0.25, 0.3) is 0 Å². The van der Waals surface area contributed by atoms with Crippen LogP contribution in [0.4, 0.5) is 5.69 Å². The number of methoxy groups -OCH3 is 1. The van der Waals surface area contributed by atoms with Crippen LogP contribution in [-0.2, 0) is 9.53 Å². The highest BCUT2D eigenvalue weighted by atomic mass is 16.5. The first kappa shape index (κ1) is 18.7. The van der Waals surface area contributed by atoms with Gasteiger partial charge in [-0.15, -0.1) is 0 Å². The van der Waals surface area contributed by atoms with Crippen LogP contribution < -0.4 is 14.8 Å². The minimum Gasteiger partial charge on any atom is -0.497 e. The molecule has 0 aromatic heterocycles. The van der Waals surface area contributed by atoms with Gasteiger partial charge in [-0.3, -0.25) is 9.59 Å². The highest BCUT2D eigenvalue weighted by Crippen LogP contribution is 2.21. The number of amides is 2. The predicted molar refractivity (Wildman–Crippen MR) is 100 cm³/mol. The summed E-state index contributed by atoms with van der Waals surface area (Å²) in [5.41, 5.74) is 1.05. The van der Waals surface area contributed by atoms with Crippen molar-refractivity contribution in [3.05, 3.63) is 54.1 Å². The Morgan fingerprint density at radius 2 is 1.89 bits per heavy atom. The van der Waals surface area contributed by atoms with Gasteiger partial charge in [0, 0.05) is 24.8 Å². The third kappa shape index (κ3) is 4.98. The van der Waals surface area contributed by atoms with Gasteiger partial charge in [0.25, 0.3) is 11.8 Å². The highest BCUT2D eigenvalue weighted by Gasteiger charge is 2.21. The highest BCUT2D eigenvalue weighted by molar-refractivity contribution is 5.97. The number of ether oxygens (including phenoxy) is 3. The molecule has 0 saturated carbocycles. The van der Waals surface area contributed by atoms with E-state index in [1.807, 2.05) is 0 Å². The van der Waals surface area contributed by atoms with Crippen molar-refractivity contribution in [2.75, 3.05) is 45.3 Å². The molecule has 2 aromatic rings. The molecule has 0 spiro atoms. The number of benzene rings is 2. The van der Waals surface area contributed by atoms with Crippen LogP contribution in [0.15, 0.2) is 48.5 Å². The first-order valence-electron chi connectivity index (χ1n) is 8.70. The maximum absolute atomic E-state index is 12.7. The van der Waals surface area contributed by atoms with Crippen molar-refractivity contribution in [1.82, 2.24) is 4.90 Å². The number of para-hydroxylation sites is 1. The molecule has 1 aliphatic rings. The minimum atomic E-state index is -0.322. The van der Waals surface area contributed by atoms with E-state index in [1.54, 1.807) is 60.5 Å². The molecule has 1 N–H and O–H groups in total. The van der Waals surface area contributed by atoms with E-state index in [9.17, 15) is 9.59 Å². The number of carbonyl (C=O) groups is 2. The van der Waals surface area contributed by atoms with Crippen molar-refractivity contribution in [2.45, 2.75) is 0 Å². The Kier molecular flexibility index (Phi) is 6.27. The van der Waals surface area contributed by atoms with Gasteiger partial charge in [-0.1, -0.05) is 18.2 Å². The second-order valence-electron chi connectivity index (χ2n) is 5.97. The molecule has 0 unspecified atom stereocenters. The molecule has 7 heteroatoms. The molecule has 7 nitrogen and oxygen atoms in total. The summed E-state index contributed by atoms with van der Waals surface area (Å²) in [4.78, 5) is 26.6. The number of rotatable bonds is 6. The Hall–Kier alpha value is -3.06. The van der Waals surface area contributed by atoms with Crippen LogP contribution in [0.5, 0.6) is 11.5 Å². The maximum atomic E-state index is 12.7. The second kappa shape index (κ2) is 9.05. The van der Waals surface area contributed by atoms with Crippen molar-refractivity contribution in [2.24, 2.45) is 0 Å². The minimum absolute atomic E-state index is 0.123. The first-order chi connectivity index (χ1) is 13.2. The monoisotopic (exact) mass is 370 g/mol. The number of anilines is 1. The fourth-order valence-corrected chi connectivity index (χ4v) is 2.75. The van der Waals surface area contributed by atoms with Crippen LogP contribution in [0.3, 0.4) is 0 Å². The molecule has 2 aromatic carbocycles. The third-order valence-corrected chi connectivity index (χ3v) is 4.13. The van der Waals surface area contributed by atoms with Gasteiger partial charge in [-0.2, -0.15) is 0 Å². The molecule has 1 heterocycles. The third-order valence-electron chi connectivity index (χ3n) is 4.13. The van der Waals surface area contributed by atoms with Crippen LogP contribution >= 0.6 is 0 Å². The average molecular weight is 370 g/mol. The van der Waals surface area contributed by atoms with Crippen LogP contribution in [0.2, 0.25) is 0 Å². The second-order valence-corrected chi connectivity index (χ2v) is 5.97. The van der Waals surface area contributed by atoms with Gasteiger partial charge in [0.2, 0.25) is 0 Å². The maximum Gasteiger partial charge on any atom is 0.262 e. The quantitative estimate of drug-likeness (QED) is 0.843. The van der Waals surface area contributed by atoms with E-state index in [1.165, 1.54) is 0 Å². The fourth-order valence-electron chi connectivity index (χ4n) is 2.75. The largest absolute Gasteiger partial charge is 0.497 e. The molecule has 1 saturated heterocycles. The summed E-state index contributed by atoms with van der Waals surface area (Å²) in [5, 5.41) is 2.74. The molecule has 142 valence electrons. The fraction of sp³-hybridized carbons (Fsp3) is 0.300. The average Bonchev–Trinajstić information content (AvgIpc) is 2.72. The Bertz CT molecular complexity index is 802. The van der Waals surface area contributed by atoms with Gasteiger partial charge >= 0.3 is 0 Å². The molecule has 27 heavy (non-hydrogen) atoms. The number of nitrogens with zero attached hydrogens (tertiary/aromatic N) is 1. The smallest absolute Gasteiger partial charge is 0.262 e. The Morgan fingerprint density at radius 3 is 2.67 bits per heavy atom. The van der Waals surface area contributed by atoms with Crippen LogP contribution in [-0.4, -0.2) is 56.7 Å². The van der Waals surface area contributed by atoms with Crippen LogP contribution in [0.1, 0.15) is 10.4 Å². The lowest BCUT2D eigenvalue weighted by Crippen LogP contribution is -2.40. The van der Waals surface area contributed by atoms with E-state index in [-0.39, 0.29) is 18.4 Å². The van der Waals surface area contributed by atoms with E-state index < -0.39 is 0 Å². The molecule has 1 aliphatic heterocycles. The summed E-state index contributed by atoms with van der Waals surface area (Å²) in [6, 6.07) is 14.0. The van der Waals surface area contributed by atoms with E-state index >= 15 is 0 Å². The van der Waals surface area contributed by atoms with Gasteiger partial charge in [0.15, 0.2) is 6.61 Å². The van der Waals surface area contributed by atoms with Crippen LogP contribution in [0, 0.1) is 0 Å². The number of carbonyl (C=O) groups excluding carboxylic acids is 2. The zero-order valence-corrected chi connectivity index (χ0v) is 15.1. The normalized spacial score (nSPS) is 13.7. The Morgan fingerprint density at radius 1 is 1.11 bits per heavy atom. The molecule has 1 fully saturated rings. The molecule has 0 atom stereocenters. The summed E-state index contributed by atoms with van der Waals surface area (Å²) in [7, 11) is 1.56. The van der Waals surface area contributed by atoms with E-state index in [2.05, 4.69) is 5.32 Å². The topological polar surface area (TPSA) is 77.1 Å². The van der Waals surface area contributed by atoms with Gasteiger partial charge in [0.05, 0.1) is 25.9 Å². The van der Waals surface area contributed by atoms with Crippen molar-refractivity contribution in [1.29, 1.82) is 0 Å². The zero-order chi connectivity index (χ0) is 19.1. The number of hydrogen-bond acceptors (Lipinski definition) is 5. The van der Waals surface area contributed by atoms with Gasteiger partial charge in [-0.25, -0.2) is 0 Å². The number of hydrogen-bond donors (Lipinski definition) is 1. The van der Waals surface area contributed by atoms with E-state index in [0.29, 0.717) is 49.1 Å². The van der Waals surface area contributed by atoms with Crippen molar-refractivity contribution in [3.8, 4) is 11.5 Å². The summed E-state index contributed by atoms with van der Waals surface area (Å²) >= 11 is 0. The number of morpholine rings is 1. The SMILES string of the molecule is COc1cccc(NC(=O)COc2ccccc2C(=O)N2CCOCC2)c1.